The van der Waals surface area contributed by atoms with Gasteiger partial charge in [-0.15, -0.1) is 0 Å². The summed E-state index contributed by atoms with van der Waals surface area (Å²) in [6.07, 6.45) is -0.712. The molecule has 0 spiro atoms. The van der Waals surface area contributed by atoms with Gasteiger partial charge in [0.1, 0.15) is 5.41 Å². The molecule has 0 aromatic heterocycles. The topological polar surface area (TPSA) is 43.4 Å². The Morgan fingerprint density at radius 1 is 1.05 bits per heavy atom. The van der Waals surface area contributed by atoms with Crippen molar-refractivity contribution in [3.8, 4) is 11.8 Å². The quantitative estimate of drug-likeness (QED) is 0.413. The van der Waals surface area contributed by atoms with Gasteiger partial charge in [-0.05, 0) is 39.8 Å². The number of hydrogen-bond donors (Lipinski definition) is 0. The molecule has 0 aliphatic carbocycles. The summed E-state index contributed by atoms with van der Waals surface area (Å²) in [5, 5.41) is 0. The maximum atomic E-state index is 12.4. The molecule has 0 N–H and O–H groups in total. The second-order valence-electron chi connectivity index (χ2n) is 6.10. The van der Waals surface area contributed by atoms with E-state index in [2.05, 4.69) is 11.8 Å². The summed E-state index contributed by atoms with van der Waals surface area (Å²) in [5.41, 5.74) is -1.08. The van der Waals surface area contributed by atoms with Gasteiger partial charge in [0.25, 0.3) is 0 Å². The molecule has 1 fully saturated rings. The van der Waals surface area contributed by atoms with Gasteiger partial charge in [-0.3, -0.25) is 9.59 Å². The second-order valence-corrected chi connectivity index (χ2v) is 6.10. The van der Waals surface area contributed by atoms with Crippen molar-refractivity contribution in [1.82, 2.24) is 0 Å². The van der Waals surface area contributed by atoms with Gasteiger partial charge in [0, 0.05) is 5.56 Å². The van der Waals surface area contributed by atoms with E-state index in [1.54, 1.807) is 27.7 Å². The van der Waals surface area contributed by atoms with E-state index in [0.29, 0.717) is 0 Å². The van der Waals surface area contributed by atoms with Crippen molar-refractivity contribution < 1.29 is 14.3 Å². The number of rotatable bonds is 0. The Balaban J connectivity index is 2.32. The lowest BCUT2D eigenvalue weighted by atomic mass is 9.68. The number of Topliss-reactive ketones (excluding diaryl/α,β-unsaturated/α-hetero) is 1. The third-order valence-corrected chi connectivity index (χ3v) is 3.66. The fourth-order valence-corrected chi connectivity index (χ4v) is 2.30. The molecule has 0 bridgehead atoms. The number of hydrogen-bond acceptors (Lipinski definition) is 3. The van der Waals surface area contributed by atoms with E-state index >= 15 is 0 Å². The third kappa shape index (κ3) is 2.34. The molecule has 1 atom stereocenters. The van der Waals surface area contributed by atoms with E-state index in [0.717, 1.165) is 5.56 Å². The monoisotopic (exact) mass is 270 g/mol. The molecule has 1 aromatic rings. The molecule has 20 heavy (non-hydrogen) atoms. The standard InChI is InChI=1S/C17H18O3/c1-16(2)13(11-10-12-8-6-5-7-9-12)20-15(19)17(3,4)14(16)18/h5-9,13H,1-4H3/t13-/m1/s1. The second kappa shape index (κ2) is 4.79. The molecule has 3 nitrogen and oxygen atoms in total. The largest absolute Gasteiger partial charge is 0.447 e. The molecule has 1 aliphatic heterocycles. The fraction of sp³-hybridized carbons (Fsp3) is 0.412. The highest BCUT2D eigenvalue weighted by Crippen LogP contribution is 2.39. The fourth-order valence-electron chi connectivity index (χ4n) is 2.30. The first-order chi connectivity index (χ1) is 9.26. The van der Waals surface area contributed by atoms with Crippen molar-refractivity contribution >= 4 is 11.8 Å². The third-order valence-electron chi connectivity index (χ3n) is 3.66. The normalized spacial score (nSPS) is 23.5. The molecule has 3 heteroatoms. The number of carbonyl (C=O) groups is 2. The van der Waals surface area contributed by atoms with Crippen LogP contribution < -0.4 is 0 Å². The Bertz CT molecular complexity index is 600. The minimum absolute atomic E-state index is 0.131. The van der Waals surface area contributed by atoms with Crippen LogP contribution in [0.3, 0.4) is 0 Å². The summed E-state index contributed by atoms with van der Waals surface area (Å²) >= 11 is 0. The van der Waals surface area contributed by atoms with Crippen LogP contribution in [0.15, 0.2) is 30.3 Å². The molecule has 1 saturated heterocycles. The zero-order valence-corrected chi connectivity index (χ0v) is 12.2. The van der Waals surface area contributed by atoms with Crippen LogP contribution in [-0.4, -0.2) is 17.9 Å². The molecular formula is C17H18O3. The Hall–Kier alpha value is -2.08. The number of benzene rings is 1. The first-order valence-electron chi connectivity index (χ1n) is 6.59. The summed E-state index contributed by atoms with van der Waals surface area (Å²) in [6.45, 7) is 6.74. The van der Waals surface area contributed by atoms with Crippen molar-refractivity contribution in [2.75, 3.05) is 0 Å². The number of cyclic esters (lactones) is 1. The Kier molecular flexibility index (Phi) is 3.43. The zero-order chi connectivity index (χ0) is 15.0. The van der Waals surface area contributed by atoms with Crippen LogP contribution in [0.1, 0.15) is 33.3 Å². The number of ketones is 1. The average Bonchev–Trinajstić information content (AvgIpc) is 2.41. The van der Waals surface area contributed by atoms with Gasteiger partial charge in [0.15, 0.2) is 11.9 Å². The highest BCUT2D eigenvalue weighted by molar-refractivity contribution is 6.07. The maximum absolute atomic E-state index is 12.4. The lowest BCUT2D eigenvalue weighted by Gasteiger charge is -2.40. The van der Waals surface area contributed by atoms with Crippen molar-refractivity contribution in [3.63, 3.8) is 0 Å². The highest BCUT2D eigenvalue weighted by Gasteiger charge is 2.54. The van der Waals surface area contributed by atoms with Crippen molar-refractivity contribution in [2.45, 2.75) is 33.8 Å². The van der Waals surface area contributed by atoms with Gasteiger partial charge in [0.2, 0.25) is 0 Å². The number of esters is 1. The predicted octanol–water partition coefficient (Wildman–Crippen LogP) is 2.59. The van der Waals surface area contributed by atoms with E-state index in [-0.39, 0.29) is 5.78 Å². The van der Waals surface area contributed by atoms with Crippen LogP contribution in [0.5, 0.6) is 0 Å². The SMILES string of the molecule is CC1(C)C(=O)O[C@H](C#Cc2ccccc2)C(C)(C)C1=O. The summed E-state index contributed by atoms with van der Waals surface area (Å²) < 4.78 is 5.38. The number of ether oxygens (including phenoxy) is 1. The van der Waals surface area contributed by atoms with E-state index in [1.165, 1.54) is 0 Å². The first-order valence-corrected chi connectivity index (χ1v) is 6.59. The highest BCUT2D eigenvalue weighted by atomic mass is 16.5. The van der Waals surface area contributed by atoms with Gasteiger partial charge >= 0.3 is 5.97 Å². The van der Waals surface area contributed by atoms with E-state index in [9.17, 15) is 9.59 Å². The van der Waals surface area contributed by atoms with Gasteiger partial charge < -0.3 is 4.74 Å². The molecule has 1 aliphatic rings. The van der Waals surface area contributed by atoms with Gasteiger partial charge in [-0.25, -0.2) is 0 Å². The average molecular weight is 270 g/mol. The van der Waals surface area contributed by atoms with Crippen LogP contribution in [0.2, 0.25) is 0 Å². The summed E-state index contributed by atoms with van der Waals surface area (Å²) in [4.78, 5) is 24.4. The van der Waals surface area contributed by atoms with Crippen LogP contribution in [0, 0.1) is 22.7 Å². The lowest BCUT2D eigenvalue weighted by molar-refractivity contribution is -0.180. The van der Waals surface area contributed by atoms with Crippen molar-refractivity contribution in [1.29, 1.82) is 0 Å². The summed E-state index contributed by atoms with van der Waals surface area (Å²) in [7, 11) is 0. The Labute approximate surface area is 119 Å². The molecule has 0 saturated carbocycles. The molecule has 104 valence electrons. The first kappa shape index (κ1) is 14.3. The molecule has 1 heterocycles. The smallest absolute Gasteiger partial charge is 0.320 e. The molecular weight excluding hydrogens is 252 g/mol. The van der Waals surface area contributed by atoms with Crippen LogP contribution in [0.4, 0.5) is 0 Å². The van der Waals surface area contributed by atoms with E-state index in [1.807, 2.05) is 30.3 Å². The van der Waals surface area contributed by atoms with Crippen LogP contribution >= 0.6 is 0 Å². The molecule has 0 radical (unpaired) electrons. The molecule has 1 aromatic carbocycles. The van der Waals surface area contributed by atoms with Gasteiger partial charge in [0.05, 0.1) is 5.41 Å². The van der Waals surface area contributed by atoms with E-state index in [4.69, 9.17) is 4.74 Å². The van der Waals surface area contributed by atoms with Crippen molar-refractivity contribution in [2.24, 2.45) is 10.8 Å². The minimum atomic E-state index is -1.10. The lowest BCUT2D eigenvalue weighted by Crippen LogP contribution is -2.55. The van der Waals surface area contributed by atoms with Gasteiger partial charge in [-0.1, -0.05) is 30.0 Å². The predicted molar refractivity (Wildman–Crippen MR) is 75.8 cm³/mol. The minimum Gasteiger partial charge on any atom is -0.447 e. The van der Waals surface area contributed by atoms with E-state index < -0.39 is 22.9 Å². The Morgan fingerprint density at radius 2 is 1.65 bits per heavy atom. The Morgan fingerprint density at radius 3 is 2.25 bits per heavy atom. The maximum Gasteiger partial charge on any atom is 0.320 e. The van der Waals surface area contributed by atoms with Crippen LogP contribution in [0.25, 0.3) is 0 Å². The van der Waals surface area contributed by atoms with Crippen molar-refractivity contribution in [3.05, 3.63) is 35.9 Å². The van der Waals surface area contributed by atoms with Gasteiger partial charge in [-0.2, -0.15) is 0 Å². The number of carbonyl (C=O) groups excluding carboxylic acids is 2. The molecule has 0 amide bonds. The summed E-state index contributed by atoms with van der Waals surface area (Å²) in [6, 6.07) is 9.42. The molecule has 0 unspecified atom stereocenters. The zero-order valence-electron chi connectivity index (χ0n) is 12.2. The molecule has 2 rings (SSSR count). The van der Waals surface area contributed by atoms with Crippen LogP contribution in [-0.2, 0) is 14.3 Å². The summed E-state index contributed by atoms with van der Waals surface area (Å²) in [5.74, 6) is 5.24.